The fraction of sp³-hybridized carbons (Fsp3) is 0.500. The molecule has 0 radical (unpaired) electrons. The van der Waals surface area contributed by atoms with Crippen LogP contribution in [0.15, 0.2) is 18.2 Å². The van der Waals surface area contributed by atoms with Crippen LogP contribution in [-0.4, -0.2) is 37.6 Å². The van der Waals surface area contributed by atoms with Crippen LogP contribution < -0.4 is 10.2 Å². The van der Waals surface area contributed by atoms with Crippen LogP contribution in [0.5, 0.6) is 0 Å². The second-order valence-corrected chi connectivity index (χ2v) is 5.91. The van der Waals surface area contributed by atoms with Gasteiger partial charge in [-0.2, -0.15) is 0 Å². The summed E-state index contributed by atoms with van der Waals surface area (Å²) in [5, 5.41) is 3.36. The number of hydrogen-bond donors (Lipinski definition) is 1. The molecule has 2 amide bonds. The van der Waals surface area contributed by atoms with Crippen molar-refractivity contribution in [1.82, 2.24) is 5.32 Å². The van der Waals surface area contributed by atoms with Crippen molar-refractivity contribution in [1.29, 1.82) is 0 Å². The molecule has 5 nitrogen and oxygen atoms in total. The van der Waals surface area contributed by atoms with E-state index in [1.807, 2.05) is 13.0 Å². The van der Waals surface area contributed by atoms with Crippen LogP contribution in [0.4, 0.5) is 5.69 Å². The molecule has 1 aliphatic heterocycles. The molecule has 1 fully saturated rings. The van der Waals surface area contributed by atoms with Crippen LogP contribution in [0.1, 0.15) is 25.3 Å². The van der Waals surface area contributed by atoms with E-state index in [-0.39, 0.29) is 24.5 Å². The third-order valence-corrected chi connectivity index (χ3v) is 3.93. The first kappa shape index (κ1) is 16.8. The molecule has 1 aromatic carbocycles. The predicted molar refractivity (Wildman–Crippen MR) is 86.2 cm³/mol. The maximum Gasteiger partial charge on any atom is 0.240 e. The van der Waals surface area contributed by atoms with E-state index in [9.17, 15) is 9.59 Å². The molecular formula is C16H21ClN2O3. The minimum Gasteiger partial charge on any atom is -0.376 e. The molecule has 1 aromatic rings. The normalized spacial score (nSPS) is 17.3. The second kappa shape index (κ2) is 7.61. The maximum atomic E-state index is 12.1. The number of carbonyl (C=O) groups is 2. The van der Waals surface area contributed by atoms with E-state index in [1.54, 1.807) is 12.1 Å². The molecule has 120 valence electrons. The first-order valence-electron chi connectivity index (χ1n) is 7.40. The lowest BCUT2D eigenvalue weighted by Gasteiger charge is -2.23. The predicted octanol–water partition coefficient (Wildman–Crippen LogP) is 2.30. The molecule has 1 unspecified atom stereocenters. The van der Waals surface area contributed by atoms with Crippen molar-refractivity contribution < 1.29 is 14.3 Å². The zero-order chi connectivity index (χ0) is 16.1. The van der Waals surface area contributed by atoms with Crippen LogP contribution >= 0.6 is 11.6 Å². The van der Waals surface area contributed by atoms with Gasteiger partial charge in [-0.3, -0.25) is 9.59 Å². The highest BCUT2D eigenvalue weighted by Gasteiger charge is 2.20. The Labute approximate surface area is 135 Å². The molecule has 1 heterocycles. The lowest BCUT2D eigenvalue weighted by molar-refractivity contribution is -0.123. The molecule has 1 atom stereocenters. The summed E-state index contributed by atoms with van der Waals surface area (Å²) in [5.74, 6) is -0.400. The molecule has 0 spiro atoms. The topological polar surface area (TPSA) is 58.6 Å². The Bertz CT molecular complexity index is 556. The van der Waals surface area contributed by atoms with Gasteiger partial charge in [-0.25, -0.2) is 0 Å². The first-order valence-corrected chi connectivity index (χ1v) is 7.77. The Morgan fingerprint density at radius 3 is 2.86 bits per heavy atom. The third-order valence-electron chi connectivity index (χ3n) is 3.69. The van der Waals surface area contributed by atoms with Gasteiger partial charge in [0.15, 0.2) is 0 Å². The highest BCUT2D eigenvalue weighted by Crippen LogP contribution is 2.24. The van der Waals surface area contributed by atoms with Crippen molar-refractivity contribution in [2.75, 3.05) is 24.6 Å². The van der Waals surface area contributed by atoms with Gasteiger partial charge in [0, 0.05) is 30.8 Å². The number of nitrogens with zero attached hydrogens (tertiary/aromatic N) is 1. The fourth-order valence-corrected chi connectivity index (χ4v) is 2.64. The number of ether oxygens (including phenoxy) is 1. The molecule has 22 heavy (non-hydrogen) atoms. The van der Waals surface area contributed by atoms with Gasteiger partial charge >= 0.3 is 0 Å². The van der Waals surface area contributed by atoms with E-state index < -0.39 is 0 Å². The Balaban J connectivity index is 2.00. The van der Waals surface area contributed by atoms with Crippen molar-refractivity contribution in [3.63, 3.8) is 0 Å². The molecule has 2 rings (SSSR count). The van der Waals surface area contributed by atoms with Crippen LogP contribution in [0, 0.1) is 6.92 Å². The van der Waals surface area contributed by atoms with Gasteiger partial charge in [0.2, 0.25) is 11.8 Å². The Hall–Kier alpha value is -1.59. The number of halogens is 1. The van der Waals surface area contributed by atoms with Gasteiger partial charge in [0.25, 0.3) is 0 Å². The van der Waals surface area contributed by atoms with E-state index in [1.165, 1.54) is 11.8 Å². The van der Waals surface area contributed by atoms with E-state index in [4.69, 9.17) is 16.3 Å². The summed E-state index contributed by atoms with van der Waals surface area (Å²) in [6.07, 6.45) is 2.08. The molecule has 0 aliphatic carbocycles. The zero-order valence-corrected chi connectivity index (χ0v) is 13.7. The van der Waals surface area contributed by atoms with Gasteiger partial charge in [-0.05, 0) is 37.5 Å². The summed E-state index contributed by atoms with van der Waals surface area (Å²) >= 11 is 5.99. The second-order valence-electron chi connectivity index (χ2n) is 5.48. The average Bonchev–Trinajstić information content (AvgIpc) is 2.98. The van der Waals surface area contributed by atoms with Gasteiger partial charge in [-0.15, -0.1) is 0 Å². The van der Waals surface area contributed by atoms with Gasteiger partial charge in [0.05, 0.1) is 6.10 Å². The monoisotopic (exact) mass is 324 g/mol. The van der Waals surface area contributed by atoms with Crippen molar-refractivity contribution in [2.45, 2.75) is 32.8 Å². The number of anilines is 1. The largest absolute Gasteiger partial charge is 0.376 e. The smallest absolute Gasteiger partial charge is 0.240 e. The highest BCUT2D eigenvalue weighted by atomic mass is 35.5. The lowest BCUT2D eigenvalue weighted by Crippen LogP contribution is -2.42. The van der Waals surface area contributed by atoms with Crippen LogP contribution in [0.3, 0.4) is 0 Å². The highest BCUT2D eigenvalue weighted by molar-refractivity contribution is 6.31. The van der Waals surface area contributed by atoms with Crippen molar-refractivity contribution in [2.24, 2.45) is 0 Å². The van der Waals surface area contributed by atoms with Crippen LogP contribution in [0.25, 0.3) is 0 Å². The summed E-state index contributed by atoms with van der Waals surface area (Å²) in [7, 11) is 0. The Kier molecular flexibility index (Phi) is 5.80. The van der Waals surface area contributed by atoms with E-state index >= 15 is 0 Å². The molecule has 0 aromatic heterocycles. The van der Waals surface area contributed by atoms with Gasteiger partial charge in [-0.1, -0.05) is 17.7 Å². The molecule has 1 saturated heterocycles. The number of aryl methyl sites for hydroxylation is 1. The molecule has 1 N–H and O–H groups in total. The summed E-state index contributed by atoms with van der Waals surface area (Å²) in [5.41, 5.74) is 1.55. The van der Waals surface area contributed by atoms with Crippen molar-refractivity contribution in [3.05, 3.63) is 28.8 Å². The van der Waals surface area contributed by atoms with E-state index in [2.05, 4.69) is 5.32 Å². The van der Waals surface area contributed by atoms with E-state index in [0.717, 1.165) is 25.0 Å². The summed E-state index contributed by atoms with van der Waals surface area (Å²) in [4.78, 5) is 25.4. The Morgan fingerprint density at radius 2 is 2.23 bits per heavy atom. The number of rotatable bonds is 5. The maximum absolute atomic E-state index is 12.1. The molecular weight excluding hydrogens is 304 g/mol. The minimum atomic E-state index is -0.204. The van der Waals surface area contributed by atoms with Crippen LogP contribution in [-0.2, 0) is 14.3 Å². The number of benzene rings is 1. The standard InChI is InChI=1S/C16H21ClN2O3/c1-11-5-6-13(17)8-15(11)19(12(2)20)10-16(21)18-9-14-4-3-7-22-14/h5-6,8,14H,3-4,7,9-10H2,1-2H3,(H,18,21). The average molecular weight is 325 g/mol. The molecule has 1 aliphatic rings. The summed E-state index contributed by atoms with van der Waals surface area (Å²) in [6, 6.07) is 5.29. The van der Waals surface area contributed by atoms with Gasteiger partial charge in [0.1, 0.15) is 6.54 Å². The zero-order valence-electron chi connectivity index (χ0n) is 12.9. The third kappa shape index (κ3) is 4.45. The van der Waals surface area contributed by atoms with Crippen molar-refractivity contribution in [3.8, 4) is 0 Å². The lowest BCUT2D eigenvalue weighted by atomic mass is 10.1. The summed E-state index contributed by atoms with van der Waals surface area (Å²) in [6.45, 7) is 4.53. The molecule has 0 saturated carbocycles. The van der Waals surface area contributed by atoms with Crippen LogP contribution in [0.2, 0.25) is 5.02 Å². The Morgan fingerprint density at radius 1 is 1.45 bits per heavy atom. The molecule has 6 heteroatoms. The van der Waals surface area contributed by atoms with E-state index in [0.29, 0.717) is 17.3 Å². The summed E-state index contributed by atoms with van der Waals surface area (Å²) < 4.78 is 5.46. The number of carbonyl (C=O) groups excluding carboxylic acids is 2. The quantitative estimate of drug-likeness (QED) is 0.904. The van der Waals surface area contributed by atoms with Crippen molar-refractivity contribution >= 4 is 29.1 Å². The number of amides is 2. The number of nitrogens with one attached hydrogen (secondary N) is 1. The number of hydrogen-bond acceptors (Lipinski definition) is 3. The minimum absolute atomic E-state index is 0.0246. The molecule has 0 bridgehead atoms. The first-order chi connectivity index (χ1) is 10.5. The SMILES string of the molecule is CC(=O)N(CC(=O)NCC1CCCO1)c1cc(Cl)ccc1C. The fourth-order valence-electron chi connectivity index (χ4n) is 2.47. The van der Waals surface area contributed by atoms with Gasteiger partial charge < -0.3 is 15.0 Å².